The molecule has 0 aliphatic carbocycles. The zero-order valence-corrected chi connectivity index (χ0v) is 17.2. The average molecular weight is 371 g/mol. The minimum Gasteiger partial charge on any atom is -0.464 e. The van der Waals surface area contributed by atoms with Crippen molar-refractivity contribution in [1.82, 2.24) is 9.55 Å². The Kier molecular flexibility index (Phi) is 8.31. The Labute approximate surface area is 150 Å². The van der Waals surface area contributed by atoms with E-state index in [4.69, 9.17) is 14.2 Å². The van der Waals surface area contributed by atoms with Crippen LogP contribution >= 0.6 is 0 Å². The van der Waals surface area contributed by atoms with Gasteiger partial charge in [0, 0.05) is 21.1 Å². The third-order valence-electron chi connectivity index (χ3n) is 3.77. The van der Waals surface area contributed by atoms with Gasteiger partial charge < -0.3 is 14.2 Å². The lowest BCUT2D eigenvalue weighted by molar-refractivity contribution is 0.0507. The first-order valence-electron chi connectivity index (χ1n) is 8.59. The first-order valence-corrected chi connectivity index (χ1v) is 12.3. The summed E-state index contributed by atoms with van der Waals surface area (Å²) >= 11 is 0. The predicted octanol–water partition coefficient (Wildman–Crippen LogP) is 3.11. The molecule has 0 aliphatic rings. The highest BCUT2D eigenvalue weighted by molar-refractivity contribution is 6.76. The maximum Gasteiger partial charge on any atom is 0.359 e. The van der Waals surface area contributed by atoms with E-state index < -0.39 is 20.0 Å². The molecule has 0 N–H and O–H groups in total. The molecular weight excluding hydrogens is 340 g/mol. The molecule has 0 unspecified atom stereocenters. The van der Waals surface area contributed by atoms with Gasteiger partial charge in [0.2, 0.25) is 0 Å². The monoisotopic (exact) mass is 370 g/mol. The second-order valence-corrected chi connectivity index (χ2v) is 12.7. The number of ether oxygens (including phenoxy) is 3. The molecule has 7 nitrogen and oxygen atoms in total. The maximum absolute atomic E-state index is 12.2. The summed E-state index contributed by atoms with van der Waals surface area (Å²) in [5, 5.41) is 0. The Morgan fingerprint density at radius 2 is 1.76 bits per heavy atom. The SMILES string of the molecule is CCCCc1nc(C(=O)OC)c(C(=O)OC)n1COCC[Si](C)(C)C. The van der Waals surface area contributed by atoms with Gasteiger partial charge in [-0.3, -0.25) is 4.57 Å². The highest BCUT2D eigenvalue weighted by Gasteiger charge is 2.28. The number of nitrogens with zero attached hydrogens (tertiary/aromatic N) is 2. The summed E-state index contributed by atoms with van der Waals surface area (Å²) in [5.41, 5.74) is 0.0720. The van der Waals surface area contributed by atoms with Crippen LogP contribution in [0.2, 0.25) is 25.7 Å². The largest absolute Gasteiger partial charge is 0.464 e. The standard InChI is InChI=1S/C17H30N2O5Si/c1-7-8-9-13-18-14(16(20)22-2)15(17(21)23-3)19(13)12-24-10-11-25(4,5)6/h7-12H2,1-6H3. The summed E-state index contributed by atoms with van der Waals surface area (Å²) in [6, 6.07) is 1.02. The van der Waals surface area contributed by atoms with Crippen molar-refractivity contribution in [3.05, 3.63) is 17.2 Å². The van der Waals surface area contributed by atoms with Gasteiger partial charge in [-0.1, -0.05) is 33.0 Å². The number of esters is 2. The van der Waals surface area contributed by atoms with Crippen molar-refractivity contribution in [3.8, 4) is 0 Å². The molecule has 0 aliphatic heterocycles. The zero-order valence-electron chi connectivity index (χ0n) is 16.2. The van der Waals surface area contributed by atoms with Crippen LogP contribution in [0.4, 0.5) is 0 Å². The van der Waals surface area contributed by atoms with Gasteiger partial charge in [0.05, 0.1) is 14.2 Å². The fourth-order valence-electron chi connectivity index (χ4n) is 2.24. The van der Waals surface area contributed by atoms with Gasteiger partial charge in [-0.15, -0.1) is 0 Å². The van der Waals surface area contributed by atoms with E-state index in [1.54, 1.807) is 4.57 Å². The molecule has 0 bridgehead atoms. The minimum absolute atomic E-state index is 0.0192. The topological polar surface area (TPSA) is 79.6 Å². The van der Waals surface area contributed by atoms with Gasteiger partial charge in [-0.25, -0.2) is 14.6 Å². The highest BCUT2D eigenvalue weighted by Crippen LogP contribution is 2.18. The predicted molar refractivity (Wildman–Crippen MR) is 97.6 cm³/mol. The number of hydrogen-bond donors (Lipinski definition) is 0. The minimum atomic E-state index is -1.21. The van der Waals surface area contributed by atoms with Crippen molar-refractivity contribution >= 4 is 20.0 Å². The van der Waals surface area contributed by atoms with Crippen molar-refractivity contribution in [2.45, 2.75) is 58.6 Å². The van der Waals surface area contributed by atoms with Crippen LogP contribution in [0, 0.1) is 0 Å². The lowest BCUT2D eigenvalue weighted by Gasteiger charge is -2.17. The molecule has 0 spiro atoms. The highest BCUT2D eigenvalue weighted by atomic mass is 28.3. The molecule has 1 rings (SSSR count). The summed E-state index contributed by atoms with van der Waals surface area (Å²) < 4.78 is 17.0. The van der Waals surface area contributed by atoms with Gasteiger partial charge in [0.1, 0.15) is 12.6 Å². The molecule has 0 aromatic carbocycles. The molecule has 1 heterocycles. The number of hydrogen-bond acceptors (Lipinski definition) is 6. The van der Waals surface area contributed by atoms with Gasteiger partial charge in [-0.2, -0.15) is 0 Å². The van der Waals surface area contributed by atoms with Crippen LogP contribution in [-0.2, 0) is 27.4 Å². The molecule has 0 radical (unpaired) electrons. The number of carbonyl (C=O) groups excluding carboxylic acids is 2. The normalized spacial score (nSPS) is 11.4. The van der Waals surface area contributed by atoms with Gasteiger partial charge >= 0.3 is 11.9 Å². The Hall–Kier alpha value is -1.67. The third kappa shape index (κ3) is 6.28. The molecule has 142 valence electrons. The average Bonchev–Trinajstić information content (AvgIpc) is 2.93. The molecule has 0 amide bonds. The van der Waals surface area contributed by atoms with E-state index in [-0.39, 0.29) is 18.1 Å². The number of rotatable bonds is 10. The number of methoxy groups -OCH3 is 2. The lowest BCUT2D eigenvalue weighted by Crippen LogP contribution is -2.23. The molecule has 25 heavy (non-hydrogen) atoms. The molecule has 1 aromatic rings. The van der Waals surface area contributed by atoms with Crippen LogP contribution in [0.15, 0.2) is 0 Å². The van der Waals surface area contributed by atoms with Gasteiger partial charge in [-0.05, 0) is 12.5 Å². The second kappa shape index (κ2) is 9.72. The first-order chi connectivity index (χ1) is 11.7. The molecule has 0 saturated carbocycles. The van der Waals surface area contributed by atoms with E-state index in [0.29, 0.717) is 18.9 Å². The number of unbranched alkanes of at least 4 members (excludes halogenated alkanes) is 1. The Bertz CT molecular complexity index is 593. The molecular formula is C17H30N2O5Si. The smallest absolute Gasteiger partial charge is 0.359 e. The summed E-state index contributed by atoms with van der Waals surface area (Å²) in [6.07, 6.45) is 2.52. The van der Waals surface area contributed by atoms with Gasteiger partial charge in [0.15, 0.2) is 11.4 Å². The molecule has 0 saturated heterocycles. The summed E-state index contributed by atoms with van der Waals surface area (Å²) in [6.45, 7) is 9.66. The molecule has 8 heteroatoms. The van der Waals surface area contributed by atoms with E-state index in [2.05, 4.69) is 31.5 Å². The van der Waals surface area contributed by atoms with Gasteiger partial charge in [0.25, 0.3) is 0 Å². The Morgan fingerprint density at radius 1 is 1.12 bits per heavy atom. The molecule has 0 fully saturated rings. The fraction of sp³-hybridized carbons (Fsp3) is 0.706. The summed E-state index contributed by atoms with van der Waals surface area (Å²) in [5.74, 6) is -0.640. The van der Waals surface area contributed by atoms with E-state index in [9.17, 15) is 9.59 Å². The van der Waals surface area contributed by atoms with Crippen LogP contribution in [0.5, 0.6) is 0 Å². The fourth-order valence-corrected chi connectivity index (χ4v) is 3.00. The Morgan fingerprint density at radius 3 is 2.28 bits per heavy atom. The van der Waals surface area contributed by atoms with Crippen LogP contribution in [0.3, 0.4) is 0 Å². The first kappa shape index (κ1) is 21.4. The lowest BCUT2D eigenvalue weighted by atomic mass is 10.2. The van der Waals surface area contributed by atoms with Crippen molar-refractivity contribution in [2.24, 2.45) is 0 Å². The maximum atomic E-state index is 12.2. The van der Waals surface area contributed by atoms with Crippen LogP contribution in [0.25, 0.3) is 0 Å². The Balaban J connectivity index is 3.12. The summed E-state index contributed by atoms with van der Waals surface area (Å²) in [7, 11) is 1.33. The van der Waals surface area contributed by atoms with Crippen molar-refractivity contribution in [3.63, 3.8) is 0 Å². The quantitative estimate of drug-likeness (QED) is 0.358. The second-order valence-electron chi connectivity index (χ2n) is 7.09. The number of imidazole rings is 1. The molecule has 1 aromatic heterocycles. The number of aryl methyl sites for hydroxylation is 1. The number of aromatic nitrogens is 2. The molecule has 0 atom stereocenters. The zero-order chi connectivity index (χ0) is 19.0. The van der Waals surface area contributed by atoms with E-state index in [1.165, 1.54) is 14.2 Å². The van der Waals surface area contributed by atoms with E-state index >= 15 is 0 Å². The van der Waals surface area contributed by atoms with Crippen LogP contribution in [0.1, 0.15) is 46.6 Å². The summed E-state index contributed by atoms with van der Waals surface area (Å²) in [4.78, 5) is 28.6. The van der Waals surface area contributed by atoms with Crippen LogP contribution in [-0.4, -0.2) is 50.4 Å². The van der Waals surface area contributed by atoms with Crippen molar-refractivity contribution in [2.75, 3.05) is 20.8 Å². The van der Waals surface area contributed by atoms with E-state index in [0.717, 1.165) is 18.9 Å². The van der Waals surface area contributed by atoms with Crippen molar-refractivity contribution < 1.29 is 23.8 Å². The third-order valence-corrected chi connectivity index (χ3v) is 5.48. The van der Waals surface area contributed by atoms with Crippen molar-refractivity contribution in [1.29, 1.82) is 0 Å². The van der Waals surface area contributed by atoms with Crippen LogP contribution < -0.4 is 0 Å². The van der Waals surface area contributed by atoms with E-state index in [1.807, 2.05) is 0 Å². The number of carbonyl (C=O) groups is 2.